The van der Waals surface area contributed by atoms with Crippen molar-refractivity contribution in [1.29, 1.82) is 0 Å². The Bertz CT molecular complexity index is 114. The fraction of sp³-hybridized carbons (Fsp3) is 1.00. The molecule has 0 saturated carbocycles. The van der Waals surface area contributed by atoms with Crippen LogP contribution in [0.1, 0.15) is 20.3 Å². The number of hydrogen-bond donors (Lipinski definition) is 1. The van der Waals surface area contributed by atoms with Crippen molar-refractivity contribution in [2.75, 3.05) is 11.5 Å². The minimum absolute atomic E-state index is 0.469. The van der Waals surface area contributed by atoms with Crippen molar-refractivity contribution in [2.45, 2.75) is 30.5 Å². The molecule has 0 aromatic heterocycles. The van der Waals surface area contributed by atoms with Crippen molar-refractivity contribution in [3.63, 3.8) is 0 Å². The maximum atomic E-state index is 9.62. The summed E-state index contributed by atoms with van der Waals surface area (Å²) in [4.78, 5) is -0.469. The smallest absolute Gasteiger partial charge is 0.116 e. The standard InChI is InChI=1S/C7H14OS2/c1-3-6-4-9-5-7(2,8)10-6/h6,8H,3-5H2,1-2H3. The van der Waals surface area contributed by atoms with E-state index in [9.17, 15) is 5.11 Å². The van der Waals surface area contributed by atoms with Crippen molar-refractivity contribution in [1.82, 2.24) is 0 Å². The summed E-state index contributed by atoms with van der Waals surface area (Å²) in [5.41, 5.74) is 0. The van der Waals surface area contributed by atoms with Gasteiger partial charge in [-0.15, -0.1) is 11.8 Å². The lowest BCUT2D eigenvalue weighted by atomic mass is 10.4. The average molecular weight is 178 g/mol. The van der Waals surface area contributed by atoms with Crippen LogP contribution in [0.2, 0.25) is 0 Å². The zero-order valence-corrected chi connectivity index (χ0v) is 8.10. The Kier molecular flexibility index (Phi) is 2.95. The third kappa shape index (κ3) is 2.36. The molecule has 1 saturated heterocycles. The van der Waals surface area contributed by atoms with E-state index in [0.717, 1.165) is 5.75 Å². The van der Waals surface area contributed by atoms with Crippen molar-refractivity contribution >= 4 is 23.5 Å². The SMILES string of the molecule is CCC1CSCC(C)(O)S1. The molecule has 2 atom stereocenters. The second kappa shape index (κ2) is 3.37. The average Bonchev–Trinajstić information content (AvgIpc) is 1.86. The minimum Gasteiger partial charge on any atom is -0.379 e. The van der Waals surface area contributed by atoms with Gasteiger partial charge in [0.25, 0.3) is 0 Å². The fourth-order valence-corrected chi connectivity index (χ4v) is 3.97. The highest BCUT2D eigenvalue weighted by molar-refractivity contribution is 8.07. The van der Waals surface area contributed by atoms with Gasteiger partial charge in [-0.25, -0.2) is 0 Å². The van der Waals surface area contributed by atoms with Gasteiger partial charge in [-0.3, -0.25) is 0 Å². The normalized spacial score (nSPS) is 41.7. The Labute approximate surface area is 71.0 Å². The molecule has 1 nitrogen and oxygen atoms in total. The molecule has 0 radical (unpaired) electrons. The quantitative estimate of drug-likeness (QED) is 0.663. The lowest BCUT2D eigenvalue weighted by Crippen LogP contribution is -2.31. The third-order valence-corrected chi connectivity index (χ3v) is 4.83. The van der Waals surface area contributed by atoms with E-state index in [4.69, 9.17) is 0 Å². The molecule has 0 bridgehead atoms. The Morgan fingerprint density at radius 3 is 2.80 bits per heavy atom. The summed E-state index contributed by atoms with van der Waals surface area (Å²) in [5, 5.41) is 10.3. The van der Waals surface area contributed by atoms with Gasteiger partial charge in [0.2, 0.25) is 0 Å². The first-order valence-electron chi connectivity index (χ1n) is 3.62. The molecule has 60 valence electrons. The highest BCUT2D eigenvalue weighted by atomic mass is 32.2. The van der Waals surface area contributed by atoms with Gasteiger partial charge in [0.1, 0.15) is 4.93 Å². The largest absolute Gasteiger partial charge is 0.379 e. The number of hydrogen-bond acceptors (Lipinski definition) is 3. The second-order valence-electron chi connectivity index (χ2n) is 2.84. The van der Waals surface area contributed by atoms with Gasteiger partial charge in [-0.2, -0.15) is 11.8 Å². The second-order valence-corrected chi connectivity index (χ2v) is 5.65. The summed E-state index contributed by atoms with van der Waals surface area (Å²) in [6.07, 6.45) is 1.17. The van der Waals surface area contributed by atoms with Crippen LogP contribution in [0.25, 0.3) is 0 Å². The Morgan fingerprint density at radius 1 is 1.70 bits per heavy atom. The summed E-state index contributed by atoms with van der Waals surface area (Å²) in [6.45, 7) is 4.09. The van der Waals surface area contributed by atoms with Crippen LogP contribution in [0.3, 0.4) is 0 Å². The van der Waals surface area contributed by atoms with Crippen molar-refractivity contribution in [3.8, 4) is 0 Å². The van der Waals surface area contributed by atoms with Crippen LogP contribution in [-0.4, -0.2) is 26.8 Å². The van der Waals surface area contributed by atoms with Crippen molar-refractivity contribution < 1.29 is 5.11 Å². The molecule has 1 fully saturated rings. The molecule has 0 amide bonds. The van der Waals surface area contributed by atoms with Crippen LogP contribution >= 0.6 is 23.5 Å². The topological polar surface area (TPSA) is 20.2 Å². The van der Waals surface area contributed by atoms with Crippen LogP contribution in [0.15, 0.2) is 0 Å². The monoisotopic (exact) mass is 178 g/mol. The molecule has 2 unspecified atom stereocenters. The van der Waals surface area contributed by atoms with E-state index in [2.05, 4.69) is 6.92 Å². The Morgan fingerprint density at radius 2 is 2.40 bits per heavy atom. The molecule has 0 aromatic rings. The molecule has 1 heterocycles. The fourth-order valence-electron chi connectivity index (χ4n) is 1.01. The van der Waals surface area contributed by atoms with E-state index in [1.54, 1.807) is 11.8 Å². The van der Waals surface area contributed by atoms with E-state index < -0.39 is 4.93 Å². The highest BCUT2D eigenvalue weighted by Gasteiger charge is 2.29. The van der Waals surface area contributed by atoms with Crippen LogP contribution in [0.5, 0.6) is 0 Å². The molecule has 1 N–H and O–H groups in total. The lowest BCUT2D eigenvalue weighted by Gasteiger charge is -2.32. The maximum Gasteiger partial charge on any atom is 0.116 e. The van der Waals surface area contributed by atoms with Crippen LogP contribution < -0.4 is 0 Å². The number of thioether (sulfide) groups is 2. The molecular weight excluding hydrogens is 164 g/mol. The van der Waals surface area contributed by atoms with E-state index in [0.29, 0.717) is 5.25 Å². The maximum absolute atomic E-state index is 9.62. The van der Waals surface area contributed by atoms with Gasteiger partial charge in [-0.05, 0) is 13.3 Å². The molecule has 0 aliphatic carbocycles. The first kappa shape index (κ1) is 8.75. The molecule has 3 heteroatoms. The Hall–Kier alpha value is 0.660. The zero-order valence-electron chi connectivity index (χ0n) is 6.46. The predicted molar refractivity (Wildman–Crippen MR) is 49.6 cm³/mol. The van der Waals surface area contributed by atoms with Gasteiger partial charge in [0.15, 0.2) is 0 Å². The molecular formula is C7H14OS2. The first-order valence-corrected chi connectivity index (χ1v) is 5.65. The zero-order chi connectivity index (χ0) is 7.61. The van der Waals surface area contributed by atoms with Gasteiger partial charge in [0.05, 0.1) is 0 Å². The first-order chi connectivity index (χ1) is 4.64. The summed E-state index contributed by atoms with van der Waals surface area (Å²) < 4.78 is 0. The van der Waals surface area contributed by atoms with Crippen LogP contribution in [-0.2, 0) is 0 Å². The van der Waals surface area contributed by atoms with Gasteiger partial charge >= 0.3 is 0 Å². The number of aliphatic hydroxyl groups is 1. The van der Waals surface area contributed by atoms with E-state index >= 15 is 0 Å². The summed E-state index contributed by atoms with van der Waals surface area (Å²) in [5.74, 6) is 2.09. The molecule has 0 spiro atoms. The van der Waals surface area contributed by atoms with Gasteiger partial charge in [0, 0.05) is 16.8 Å². The molecule has 1 rings (SSSR count). The lowest BCUT2D eigenvalue weighted by molar-refractivity contribution is 0.182. The summed E-state index contributed by atoms with van der Waals surface area (Å²) in [6, 6.07) is 0. The van der Waals surface area contributed by atoms with E-state index in [-0.39, 0.29) is 0 Å². The van der Waals surface area contributed by atoms with Gasteiger partial charge < -0.3 is 5.11 Å². The van der Waals surface area contributed by atoms with Gasteiger partial charge in [-0.1, -0.05) is 6.92 Å². The molecule has 0 aromatic carbocycles. The summed E-state index contributed by atoms with van der Waals surface area (Å²) in [7, 11) is 0. The van der Waals surface area contributed by atoms with E-state index in [1.165, 1.54) is 12.2 Å². The van der Waals surface area contributed by atoms with Crippen molar-refractivity contribution in [2.24, 2.45) is 0 Å². The minimum atomic E-state index is -0.469. The molecule has 10 heavy (non-hydrogen) atoms. The predicted octanol–water partition coefficient (Wildman–Crippen LogP) is 1.95. The third-order valence-electron chi connectivity index (χ3n) is 1.55. The number of rotatable bonds is 1. The van der Waals surface area contributed by atoms with Crippen LogP contribution in [0, 0.1) is 0 Å². The van der Waals surface area contributed by atoms with Crippen LogP contribution in [0.4, 0.5) is 0 Å². The van der Waals surface area contributed by atoms with Crippen molar-refractivity contribution in [3.05, 3.63) is 0 Å². The molecule has 1 aliphatic rings. The Balaban J connectivity index is 2.40. The molecule has 1 aliphatic heterocycles. The van der Waals surface area contributed by atoms with E-state index in [1.807, 2.05) is 18.7 Å². The highest BCUT2D eigenvalue weighted by Crippen LogP contribution is 2.38. The summed E-state index contributed by atoms with van der Waals surface area (Å²) >= 11 is 3.59.